The van der Waals surface area contributed by atoms with Gasteiger partial charge >= 0.3 is 0 Å². The lowest BCUT2D eigenvalue weighted by Gasteiger charge is -2.35. The van der Waals surface area contributed by atoms with Crippen molar-refractivity contribution in [3.63, 3.8) is 0 Å². The number of hydrogen-bond acceptors (Lipinski definition) is 4. The van der Waals surface area contributed by atoms with Crippen LogP contribution in [0.3, 0.4) is 0 Å². The van der Waals surface area contributed by atoms with Gasteiger partial charge in [0.25, 0.3) is 0 Å². The fourth-order valence-corrected chi connectivity index (χ4v) is 1.68. The van der Waals surface area contributed by atoms with Gasteiger partial charge in [-0.05, 0) is 13.8 Å². The minimum Gasteiger partial charge on any atom is -0.385 e. The summed E-state index contributed by atoms with van der Waals surface area (Å²) in [5, 5.41) is 0. The van der Waals surface area contributed by atoms with E-state index in [4.69, 9.17) is 15.2 Å². The molecule has 94 valence electrons. The second-order valence-electron chi connectivity index (χ2n) is 4.25. The summed E-state index contributed by atoms with van der Waals surface area (Å²) < 4.78 is 10.5. The molecule has 0 bridgehead atoms. The molecule has 5 nitrogen and oxygen atoms in total. The Bertz CT molecular complexity index is 231. The van der Waals surface area contributed by atoms with Gasteiger partial charge in [-0.2, -0.15) is 0 Å². The van der Waals surface area contributed by atoms with Crippen LogP contribution in [0.5, 0.6) is 0 Å². The van der Waals surface area contributed by atoms with E-state index in [1.807, 2.05) is 0 Å². The third kappa shape index (κ3) is 4.08. The molecular formula is C11H23N3O2. The number of amidine groups is 1. The third-order valence-corrected chi connectivity index (χ3v) is 2.75. The van der Waals surface area contributed by atoms with E-state index >= 15 is 0 Å². The number of aliphatic imine (C=N–C) groups is 1. The van der Waals surface area contributed by atoms with Crippen LogP contribution in [0.25, 0.3) is 0 Å². The van der Waals surface area contributed by atoms with Crippen LogP contribution < -0.4 is 5.73 Å². The van der Waals surface area contributed by atoms with Crippen molar-refractivity contribution in [2.75, 3.05) is 40.0 Å². The van der Waals surface area contributed by atoms with Gasteiger partial charge in [-0.15, -0.1) is 0 Å². The quantitative estimate of drug-likeness (QED) is 0.412. The lowest BCUT2D eigenvalue weighted by atomic mass is 10.2. The first-order valence-electron chi connectivity index (χ1n) is 5.79. The van der Waals surface area contributed by atoms with Crippen molar-refractivity contribution in [1.82, 2.24) is 4.90 Å². The second-order valence-corrected chi connectivity index (χ2v) is 4.25. The molecule has 2 N–H and O–H groups in total. The van der Waals surface area contributed by atoms with E-state index in [-0.39, 0.29) is 6.10 Å². The molecule has 0 saturated carbocycles. The highest BCUT2D eigenvalue weighted by atomic mass is 16.5. The fraction of sp³-hybridized carbons (Fsp3) is 0.909. The minimum absolute atomic E-state index is 0.0620. The predicted molar refractivity (Wildman–Crippen MR) is 64.8 cm³/mol. The first kappa shape index (κ1) is 13.4. The average Bonchev–Trinajstić information content (AvgIpc) is 2.29. The lowest BCUT2D eigenvalue weighted by molar-refractivity contribution is -0.00620. The van der Waals surface area contributed by atoms with E-state index < -0.39 is 0 Å². The standard InChI is InChI=1S/C11H23N3O2/c1-9(2)14-5-7-16-10(8-14)11(12)13-4-6-15-3/h9-10H,4-8H2,1-3H3,(H2,12,13). The molecule has 0 aliphatic carbocycles. The number of methoxy groups -OCH3 is 1. The zero-order valence-corrected chi connectivity index (χ0v) is 10.5. The van der Waals surface area contributed by atoms with Gasteiger partial charge in [0.1, 0.15) is 11.9 Å². The third-order valence-electron chi connectivity index (χ3n) is 2.75. The van der Waals surface area contributed by atoms with Crippen molar-refractivity contribution in [3.05, 3.63) is 0 Å². The van der Waals surface area contributed by atoms with Crippen molar-refractivity contribution in [3.8, 4) is 0 Å². The summed E-state index contributed by atoms with van der Waals surface area (Å²) in [4.78, 5) is 6.60. The number of rotatable bonds is 5. The second kappa shape index (κ2) is 6.83. The zero-order chi connectivity index (χ0) is 12.0. The molecule has 0 amide bonds. The molecule has 0 aromatic rings. The molecule has 1 aliphatic rings. The Morgan fingerprint density at radius 3 is 3.00 bits per heavy atom. The van der Waals surface area contributed by atoms with Crippen LogP contribution in [0, 0.1) is 0 Å². The van der Waals surface area contributed by atoms with Gasteiger partial charge in [0, 0.05) is 26.2 Å². The number of morpholine rings is 1. The van der Waals surface area contributed by atoms with E-state index in [1.54, 1.807) is 7.11 Å². The maximum absolute atomic E-state index is 5.89. The van der Waals surface area contributed by atoms with Gasteiger partial charge in [-0.25, -0.2) is 0 Å². The van der Waals surface area contributed by atoms with Crippen LogP contribution in [-0.2, 0) is 9.47 Å². The van der Waals surface area contributed by atoms with Crippen LogP contribution in [0.4, 0.5) is 0 Å². The number of hydrogen-bond donors (Lipinski definition) is 1. The molecule has 0 aromatic heterocycles. The SMILES string of the molecule is COCCN=C(N)C1CN(C(C)C)CCO1. The highest BCUT2D eigenvalue weighted by Gasteiger charge is 2.24. The number of ether oxygens (including phenoxy) is 2. The van der Waals surface area contributed by atoms with Crippen molar-refractivity contribution >= 4 is 5.84 Å². The molecule has 16 heavy (non-hydrogen) atoms. The summed E-state index contributed by atoms with van der Waals surface area (Å²) in [6.45, 7) is 8.09. The Kier molecular flexibility index (Phi) is 5.73. The van der Waals surface area contributed by atoms with Crippen LogP contribution in [0.2, 0.25) is 0 Å². The molecular weight excluding hydrogens is 206 g/mol. The van der Waals surface area contributed by atoms with Crippen LogP contribution in [0.15, 0.2) is 4.99 Å². The van der Waals surface area contributed by atoms with Gasteiger partial charge in [0.15, 0.2) is 0 Å². The molecule has 1 atom stereocenters. The molecule has 1 aliphatic heterocycles. The van der Waals surface area contributed by atoms with E-state index in [0.717, 1.165) is 19.7 Å². The van der Waals surface area contributed by atoms with E-state index in [2.05, 4.69) is 23.7 Å². The Balaban J connectivity index is 2.43. The Morgan fingerprint density at radius 1 is 1.62 bits per heavy atom. The minimum atomic E-state index is -0.0620. The van der Waals surface area contributed by atoms with Gasteiger partial charge in [-0.3, -0.25) is 9.89 Å². The van der Waals surface area contributed by atoms with Gasteiger partial charge in [-0.1, -0.05) is 0 Å². The first-order chi connectivity index (χ1) is 7.65. The van der Waals surface area contributed by atoms with E-state index in [1.165, 1.54) is 0 Å². The zero-order valence-electron chi connectivity index (χ0n) is 10.5. The van der Waals surface area contributed by atoms with Crippen molar-refractivity contribution in [2.45, 2.75) is 26.0 Å². The maximum Gasteiger partial charge on any atom is 0.127 e. The Hall–Kier alpha value is -0.650. The number of nitrogens with zero attached hydrogens (tertiary/aromatic N) is 2. The molecule has 5 heteroatoms. The van der Waals surface area contributed by atoms with Gasteiger partial charge in [0.2, 0.25) is 0 Å². The van der Waals surface area contributed by atoms with Crippen LogP contribution in [0.1, 0.15) is 13.8 Å². The van der Waals surface area contributed by atoms with Gasteiger partial charge in [0.05, 0.1) is 19.8 Å². The smallest absolute Gasteiger partial charge is 0.127 e. The fourth-order valence-electron chi connectivity index (χ4n) is 1.68. The Labute approximate surface area is 97.6 Å². The van der Waals surface area contributed by atoms with Crippen molar-refractivity contribution < 1.29 is 9.47 Å². The largest absolute Gasteiger partial charge is 0.385 e. The predicted octanol–water partition coefficient (Wildman–Crippen LogP) is 0.0992. The van der Waals surface area contributed by atoms with Gasteiger partial charge < -0.3 is 15.2 Å². The number of nitrogens with two attached hydrogens (primary N) is 1. The van der Waals surface area contributed by atoms with Crippen LogP contribution >= 0.6 is 0 Å². The summed E-state index contributed by atoms with van der Waals surface area (Å²) in [7, 11) is 1.66. The van der Waals surface area contributed by atoms with Crippen molar-refractivity contribution in [1.29, 1.82) is 0 Å². The summed E-state index contributed by atoms with van der Waals surface area (Å²) in [5.41, 5.74) is 5.89. The topological polar surface area (TPSA) is 60.1 Å². The molecule has 0 spiro atoms. The van der Waals surface area contributed by atoms with Crippen molar-refractivity contribution in [2.24, 2.45) is 10.7 Å². The molecule has 0 radical (unpaired) electrons. The highest BCUT2D eigenvalue weighted by Crippen LogP contribution is 2.08. The monoisotopic (exact) mass is 229 g/mol. The first-order valence-corrected chi connectivity index (χ1v) is 5.79. The van der Waals surface area contributed by atoms with E-state index in [9.17, 15) is 0 Å². The van der Waals surface area contributed by atoms with E-state index in [0.29, 0.717) is 25.0 Å². The summed E-state index contributed by atoms with van der Waals surface area (Å²) in [5.74, 6) is 0.586. The Morgan fingerprint density at radius 2 is 2.38 bits per heavy atom. The molecule has 1 fully saturated rings. The summed E-state index contributed by atoms with van der Waals surface area (Å²) in [6, 6.07) is 0.526. The summed E-state index contributed by atoms with van der Waals surface area (Å²) >= 11 is 0. The molecule has 1 unspecified atom stereocenters. The molecule has 0 aromatic carbocycles. The lowest BCUT2D eigenvalue weighted by Crippen LogP contribution is -2.50. The maximum atomic E-state index is 5.89. The summed E-state index contributed by atoms with van der Waals surface area (Å²) in [6.07, 6.45) is -0.0620. The van der Waals surface area contributed by atoms with Crippen LogP contribution in [-0.4, -0.2) is 62.8 Å². The molecule has 1 saturated heterocycles. The average molecular weight is 229 g/mol. The normalized spacial score (nSPS) is 24.0. The molecule has 1 heterocycles. The molecule has 1 rings (SSSR count). The highest BCUT2D eigenvalue weighted by molar-refractivity contribution is 5.85.